The number of ether oxygens (including phenoxy) is 4. The average molecular weight is 448 g/mol. The molecule has 2 aromatic heterocycles. The monoisotopic (exact) mass is 448 g/mol. The molecular weight excluding hydrogens is 424 g/mol. The molecule has 0 spiro atoms. The van der Waals surface area contributed by atoms with Crippen LogP contribution in [0, 0.1) is 13.8 Å². The minimum absolute atomic E-state index is 0.485. The number of nitrogens with zero attached hydrogens (tertiary/aromatic N) is 2. The predicted octanol–water partition coefficient (Wildman–Crippen LogP) is 5.45. The fourth-order valence-corrected chi connectivity index (χ4v) is 4.21. The van der Waals surface area contributed by atoms with Gasteiger partial charge in [0.05, 0.1) is 7.11 Å². The summed E-state index contributed by atoms with van der Waals surface area (Å²) in [6.45, 7) is 4.09. The molecule has 0 amide bonds. The maximum atomic E-state index is 12.7. The van der Waals surface area contributed by atoms with Crippen molar-refractivity contribution in [2.75, 3.05) is 32.5 Å². The van der Waals surface area contributed by atoms with E-state index in [-0.39, 0.29) is 0 Å². The first-order valence-electron chi connectivity index (χ1n) is 10.6. The second-order valence-electron chi connectivity index (χ2n) is 7.74. The quantitative estimate of drug-likeness (QED) is 0.423. The minimum atomic E-state index is -0.874. The largest absolute Gasteiger partial charge is 0.486 e. The van der Waals surface area contributed by atoms with Crippen LogP contribution < -0.4 is 24.3 Å². The van der Waals surface area contributed by atoms with E-state index in [1.807, 2.05) is 66.8 Å². The zero-order valence-electron chi connectivity index (χ0n) is 18.6. The predicted molar refractivity (Wildman–Crippen MR) is 124 cm³/mol. The summed E-state index contributed by atoms with van der Waals surface area (Å²) in [6.07, 6.45) is 0. The van der Waals surface area contributed by atoms with Crippen molar-refractivity contribution in [2.45, 2.75) is 13.8 Å². The lowest BCUT2D eigenvalue weighted by atomic mass is 9.99. The van der Waals surface area contributed by atoms with Crippen molar-refractivity contribution in [3.63, 3.8) is 0 Å². The first-order chi connectivity index (χ1) is 16.1. The summed E-state index contributed by atoms with van der Waals surface area (Å²) in [5, 5.41) is 3.51. The zero-order chi connectivity index (χ0) is 22.9. The maximum Gasteiger partial charge on any atom is 0.228 e. The second-order valence-corrected chi connectivity index (χ2v) is 7.74. The third-order valence-corrected chi connectivity index (χ3v) is 5.59. The Morgan fingerprint density at radius 1 is 1.03 bits per heavy atom. The van der Waals surface area contributed by atoms with Gasteiger partial charge in [-0.25, -0.2) is 13.8 Å². The molecule has 0 saturated carbocycles. The molecule has 0 aliphatic carbocycles. The van der Waals surface area contributed by atoms with Crippen LogP contribution in [0.2, 0.25) is 0 Å². The number of rotatable bonds is 6. The number of imidazole rings is 1. The summed E-state index contributed by atoms with van der Waals surface area (Å²) in [5.74, 6) is 3.27. The number of fused-ring (bicyclic) bond motifs is 2. The van der Waals surface area contributed by atoms with Crippen molar-refractivity contribution >= 4 is 17.2 Å². The molecule has 0 saturated heterocycles. The van der Waals surface area contributed by atoms with Crippen LogP contribution in [0.15, 0.2) is 48.5 Å². The van der Waals surface area contributed by atoms with Gasteiger partial charge < -0.3 is 24.3 Å². The summed E-state index contributed by atoms with van der Waals surface area (Å²) in [5.41, 5.74) is 5.08. The van der Waals surface area contributed by atoms with E-state index in [2.05, 4.69) is 5.32 Å². The molecule has 3 heterocycles. The first-order valence-corrected chi connectivity index (χ1v) is 10.6. The molecule has 0 bridgehead atoms. The van der Waals surface area contributed by atoms with Crippen LogP contribution >= 0.6 is 0 Å². The number of benzene rings is 2. The van der Waals surface area contributed by atoms with Gasteiger partial charge in [-0.2, -0.15) is 0 Å². The number of anilines is 2. The number of halogens is 1. The maximum absolute atomic E-state index is 12.7. The number of nitrogens with one attached hydrogen (secondary N) is 1. The Kier molecular flexibility index (Phi) is 5.42. The standard InChI is InChI=1S/C25H24FN3O4/c1-15-11-18(33-14-26)12-16(2)23(15)24-25(29-21(28-24)5-4-6-22(29)30-3)27-17-7-8-19-20(13-17)32-10-9-31-19/h4-8,11-13,27H,9-10,14H2,1-3H3/i26-1. The summed E-state index contributed by atoms with van der Waals surface area (Å²) in [6, 6.07) is 15.1. The number of hydrogen-bond acceptors (Lipinski definition) is 6. The number of methoxy groups -OCH3 is 1. The van der Waals surface area contributed by atoms with Crippen LogP contribution in [-0.4, -0.2) is 36.6 Å². The highest BCUT2D eigenvalue weighted by Gasteiger charge is 2.21. The SMILES string of the molecule is COc1cccc2nc(-c3c(C)cc(OC[18F])cc3C)c(Nc3ccc4c(c3)OCCO4)n12. The molecule has 8 heteroatoms. The molecule has 0 unspecified atom stereocenters. The Morgan fingerprint density at radius 2 is 1.79 bits per heavy atom. The van der Waals surface area contributed by atoms with Crippen molar-refractivity contribution in [1.29, 1.82) is 0 Å². The van der Waals surface area contributed by atoms with Crippen LogP contribution in [0.1, 0.15) is 11.1 Å². The van der Waals surface area contributed by atoms with E-state index in [0.29, 0.717) is 30.6 Å². The van der Waals surface area contributed by atoms with E-state index in [1.54, 1.807) is 7.11 Å². The number of aromatic nitrogens is 2. The molecule has 33 heavy (non-hydrogen) atoms. The Hall–Kier alpha value is -3.94. The number of aryl methyl sites for hydroxylation is 2. The van der Waals surface area contributed by atoms with Crippen LogP contribution in [-0.2, 0) is 0 Å². The highest BCUT2D eigenvalue weighted by Crippen LogP contribution is 2.40. The summed E-state index contributed by atoms with van der Waals surface area (Å²) >= 11 is 0. The van der Waals surface area contributed by atoms with Crippen LogP contribution in [0.4, 0.5) is 15.9 Å². The van der Waals surface area contributed by atoms with Crippen molar-refractivity contribution < 1.29 is 23.3 Å². The Bertz CT molecular complexity index is 1310. The number of alkyl halides is 1. The lowest BCUT2D eigenvalue weighted by Crippen LogP contribution is -2.15. The van der Waals surface area contributed by atoms with Gasteiger partial charge in [-0.1, -0.05) is 6.07 Å². The molecule has 1 N–H and O–H groups in total. The van der Waals surface area contributed by atoms with E-state index >= 15 is 0 Å². The van der Waals surface area contributed by atoms with Gasteiger partial charge in [0.25, 0.3) is 0 Å². The fraction of sp³-hybridized carbons (Fsp3) is 0.240. The average Bonchev–Trinajstić information content (AvgIpc) is 3.16. The molecule has 0 radical (unpaired) electrons. The molecule has 2 aromatic carbocycles. The van der Waals surface area contributed by atoms with Crippen LogP contribution in [0.5, 0.6) is 23.1 Å². The summed E-state index contributed by atoms with van der Waals surface area (Å²) < 4.78 is 36.8. The molecular formula is C25H24FN3O4. The molecule has 1 aliphatic heterocycles. The summed E-state index contributed by atoms with van der Waals surface area (Å²) in [7, 11) is 1.63. The number of hydrogen-bond donors (Lipinski definition) is 1. The molecule has 170 valence electrons. The molecule has 0 atom stereocenters. The van der Waals surface area contributed by atoms with E-state index in [9.17, 15) is 4.39 Å². The first kappa shape index (κ1) is 20.9. The Balaban J connectivity index is 1.69. The smallest absolute Gasteiger partial charge is 0.228 e. The lowest BCUT2D eigenvalue weighted by molar-refractivity contribution is 0.171. The number of pyridine rings is 1. The van der Waals surface area contributed by atoms with Gasteiger partial charge in [0.15, 0.2) is 11.5 Å². The van der Waals surface area contributed by atoms with Gasteiger partial charge in [0, 0.05) is 17.3 Å². The van der Waals surface area contributed by atoms with E-state index < -0.39 is 6.86 Å². The van der Waals surface area contributed by atoms with Crippen molar-refractivity contribution in [3.8, 4) is 34.4 Å². The van der Waals surface area contributed by atoms with Crippen molar-refractivity contribution in [2.24, 2.45) is 0 Å². The van der Waals surface area contributed by atoms with Crippen LogP contribution in [0.25, 0.3) is 16.9 Å². The highest BCUT2D eigenvalue weighted by atomic mass is 18.2. The summed E-state index contributed by atoms with van der Waals surface area (Å²) in [4.78, 5) is 4.92. The fourth-order valence-electron chi connectivity index (χ4n) is 4.21. The van der Waals surface area contributed by atoms with Gasteiger partial charge in [-0.15, -0.1) is 0 Å². The van der Waals surface area contributed by atoms with Crippen LogP contribution in [0.3, 0.4) is 0 Å². The second kappa shape index (κ2) is 8.54. The molecule has 5 rings (SSSR count). The minimum Gasteiger partial charge on any atom is -0.486 e. The lowest BCUT2D eigenvalue weighted by Gasteiger charge is -2.20. The highest BCUT2D eigenvalue weighted by molar-refractivity contribution is 5.84. The zero-order valence-corrected chi connectivity index (χ0v) is 18.6. The van der Waals surface area contributed by atoms with Gasteiger partial charge in [-0.05, 0) is 61.4 Å². The molecule has 1 aliphatic rings. The van der Waals surface area contributed by atoms with E-state index in [1.165, 1.54) is 0 Å². The van der Waals surface area contributed by atoms with Gasteiger partial charge in [-0.3, -0.25) is 0 Å². The molecule has 0 fully saturated rings. The molecule has 7 nitrogen and oxygen atoms in total. The van der Waals surface area contributed by atoms with Crippen molar-refractivity contribution in [3.05, 3.63) is 59.7 Å². The van der Waals surface area contributed by atoms with Gasteiger partial charge in [0.1, 0.15) is 36.1 Å². The Labute approximate surface area is 190 Å². The van der Waals surface area contributed by atoms with E-state index in [0.717, 1.165) is 45.3 Å². The molecule has 4 aromatic rings. The third-order valence-electron chi connectivity index (χ3n) is 5.59. The van der Waals surface area contributed by atoms with Crippen molar-refractivity contribution in [1.82, 2.24) is 9.38 Å². The topological polar surface area (TPSA) is 66.2 Å². The normalized spacial score (nSPS) is 12.6. The third kappa shape index (κ3) is 3.77. The Morgan fingerprint density at radius 3 is 2.52 bits per heavy atom. The van der Waals surface area contributed by atoms with Gasteiger partial charge in [0.2, 0.25) is 12.7 Å². The van der Waals surface area contributed by atoms with E-state index in [4.69, 9.17) is 23.9 Å². The van der Waals surface area contributed by atoms with Gasteiger partial charge >= 0.3 is 0 Å².